The van der Waals surface area contributed by atoms with Crippen molar-refractivity contribution < 1.29 is 9.90 Å². The van der Waals surface area contributed by atoms with Gasteiger partial charge in [-0.25, -0.2) is 0 Å². The first-order valence-electron chi connectivity index (χ1n) is 7.11. The fraction of sp³-hybridized carbons (Fsp3) is 0.929. The highest BCUT2D eigenvalue weighted by Gasteiger charge is 2.22. The van der Waals surface area contributed by atoms with Gasteiger partial charge in [0.2, 0.25) is 5.91 Å². The predicted molar refractivity (Wildman–Crippen MR) is 73.3 cm³/mol. The van der Waals surface area contributed by atoms with Crippen LogP contribution >= 0.6 is 0 Å². The lowest BCUT2D eigenvalue weighted by molar-refractivity contribution is -0.121. The zero-order valence-electron chi connectivity index (χ0n) is 12.0. The second kappa shape index (κ2) is 7.10. The van der Waals surface area contributed by atoms with E-state index in [-0.39, 0.29) is 5.91 Å². The van der Waals surface area contributed by atoms with Crippen molar-refractivity contribution in [2.45, 2.75) is 64.5 Å². The predicted octanol–water partition coefficient (Wildman–Crippen LogP) is 1.43. The van der Waals surface area contributed by atoms with E-state index in [1.54, 1.807) is 6.92 Å². The standard InChI is InChI=1S/C14H28N2O2/c1-11(2)8-14(3,18)10-16-13(17)9-15-12-6-4-5-7-12/h11-12,15,18H,4-10H2,1-3H3,(H,16,17). The molecular formula is C14H28N2O2. The quantitative estimate of drug-likeness (QED) is 0.646. The smallest absolute Gasteiger partial charge is 0.234 e. The summed E-state index contributed by atoms with van der Waals surface area (Å²) in [6.07, 6.45) is 5.59. The molecule has 4 heteroatoms. The van der Waals surface area contributed by atoms with Crippen molar-refractivity contribution in [3.8, 4) is 0 Å². The minimum Gasteiger partial charge on any atom is -0.388 e. The molecule has 0 bridgehead atoms. The van der Waals surface area contributed by atoms with Crippen LogP contribution in [-0.4, -0.2) is 35.7 Å². The van der Waals surface area contributed by atoms with Crippen LogP contribution in [0.3, 0.4) is 0 Å². The lowest BCUT2D eigenvalue weighted by Gasteiger charge is -2.25. The van der Waals surface area contributed by atoms with Gasteiger partial charge in [0.15, 0.2) is 0 Å². The first-order valence-corrected chi connectivity index (χ1v) is 7.11. The Balaban J connectivity index is 2.15. The Morgan fingerprint density at radius 1 is 1.39 bits per heavy atom. The maximum absolute atomic E-state index is 11.6. The summed E-state index contributed by atoms with van der Waals surface area (Å²) in [4.78, 5) is 11.6. The van der Waals surface area contributed by atoms with Crippen LogP contribution in [0, 0.1) is 5.92 Å². The fourth-order valence-corrected chi connectivity index (χ4v) is 2.67. The van der Waals surface area contributed by atoms with Gasteiger partial charge < -0.3 is 15.7 Å². The van der Waals surface area contributed by atoms with Gasteiger partial charge in [-0.3, -0.25) is 4.79 Å². The van der Waals surface area contributed by atoms with Crippen LogP contribution in [0.1, 0.15) is 52.9 Å². The van der Waals surface area contributed by atoms with E-state index in [1.165, 1.54) is 25.7 Å². The molecule has 1 unspecified atom stereocenters. The molecule has 1 atom stereocenters. The maximum Gasteiger partial charge on any atom is 0.234 e. The number of hydrogen-bond acceptors (Lipinski definition) is 3. The number of rotatable bonds is 7. The average Bonchev–Trinajstić information content (AvgIpc) is 2.74. The van der Waals surface area contributed by atoms with Gasteiger partial charge in [0.25, 0.3) is 0 Å². The molecule has 0 spiro atoms. The van der Waals surface area contributed by atoms with Crippen LogP contribution in [0.15, 0.2) is 0 Å². The van der Waals surface area contributed by atoms with Crippen LogP contribution in [0.4, 0.5) is 0 Å². The van der Waals surface area contributed by atoms with Gasteiger partial charge in [0, 0.05) is 12.6 Å². The molecule has 0 radical (unpaired) electrons. The third-order valence-corrected chi connectivity index (χ3v) is 3.42. The van der Waals surface area contributed by atoms with Crippen molar-refractivity contribution in [3.63, 3.8) is 0 Å². The fourth-order valence-electron chi connectivity index (χ4n) is 2.67. The molecule has 0 aromatic rings. The van der Waals surface area contributed by atoms with Gasteiger partial charge in [0.05, 0.1) is 12.1 Å². The lowest BCUT2D eigenvalue weighted by atomic mass is 9.94. The molecule has 0 aromatic carbocycles. The molecule has 106 valence electrons. The van der Waals surface area contributed by atoms with E-state index in [0.29, 0.717) is 31.5 Å². The second-order valence-electron chi connectivity index (χ2n) is 6.23. The molecule has 4 nitrogen and oxygen atoms in total. The summed E-state index contributed by atoms with van der Waals surface area (Å²) in [7, 11) is 0. The van der Waals surface area contributed by atoms with E-state index >= 15 is 0 Å². The van der Waals surface area contributed by atoms with Crippen LogP contribution in [0.5, 0.6) is 0 Å². The first kappa shape index (κ1) is 15.4. The van der Waals surface area contributed by atoms with E-state index in [9.17, 15) is 9.90 Å². The summed E-state index contributed by atoms with van der Waals surface area (Å²) in [6.45, 7) is 6.60. The first-order chi connectivity index (χ1) is 8.39. The van der Waals surface area contributed by atoms with Crippen molar-refractivity contribution in [3.05, 3.63) is 0 Å². The molecule has 1 amide bonds. The Bertz CT molecular complexity index is 259. The Labute approximate surface area is 111 Å². The topological polar surface area (TPSA) is 61.4 Å². The monoisotopic (exact) mass is 256 g/mol. The van der Waals surface area contributed by atoms with Crippen molar-refractivity contribution in [2.75, 3.05) is 13.1 Å². The highest BCUT2D eigenvalue weighted by atomic mass is 16.3. The van der Waals surface area contributed by atoms with Gasteiger partial charge in [-0.2, -0.15) is 0 Å². The summed E-state index contributed by atoms with van der Waals surface area (Å²) < 4.78 is 0. The summed E-state index contributed by atoms with van der Waals surface area (Å²) >= 11 is 0. The van der Waals surface area contributed by atoms with Crippen LogP contribution < -0.4 is 10.6 Å². The number of nitrogens with one attached hydrogen (secondary N) is 2. The number of hydrogen-bond donors (Lipinski definition) is 3. The molecule has 1 saturated carbocycles. The number of aliphatic hydroxyl groups is 1. The largest absolute Gasteiger partial charge is 0.388 e. The SMILES string of the molecule is CC(C)CC(C)(O)CNC(=O)CNC1CCCC1. The highest BCUT2D eigenvalue weighted by Crippen LogP contribution is 2.17. The lowest BCUT2D eigenvalue weighted by Crippen LogP contribution is -2.45. The average molecular weight is 256 g/mol. The highest BCUT2D eigenvalue weighted by molar-refractivity contribution is 5.78. The molecule has 3 N–H and O–H groups in total. The third kappa shape index (κ3) is 6.36. The van der Waals surface area contributed by atoms with Crippen molar-refractivity contribution in [1.29, 1.82) is 0 Å². The molecule has 1 rings (SSSR count). The van der Waals surface area contributed by atoms with Crippen LogP contribution in [0.25, 0.3) is 0 Å². The van der Waals surface area contributed by atoms with Gasteiger partial charge >= 0.3 is 0 Å². The van der Waals surface area contributed by atoms with E-state index in [0.717, 1.165) is 0 Å². The van der Waals surface area contributed by atoms with Crippen molar-refractivity contribution >= 4 is 5.91 Å². The minimum atomic E-state index is -0.808. The van der Waals surface area contributed by atoms with Gasteiger partial charge in [-0.05, 0) is 32.1 Å². The van der Waals surface area contributed by atoms with E-state index < -0.39 is 5.60 Å². The van der Waals surface area contributed by atoms with E-state index in [1.807, 2.05) is 0 Å². The Hall–Kier alpha value is -0.610. The minimum absolute atomic E-state index is 0.0223. The molecule has 1 fully saturated rings. The number of amides is 1. The van der Waals surface area contributed by atoms with E-state index in [4.69, 9.17) is 0 Å². The molecule has 1 aliphatic carbocycles. The zero-order valence-corrected chi connectivity index (χ0v) is 12.0. The van der Waals surface area contributed by atoms with Crippen LogP contribution in [0.2, 0.25) is 0 Å². The Kier molecular flexibility index (Phi) is 6.09. The molecule has 0 saturated heterocycles. The van der Waals surface area contributed by atoms with Gasteiger partial charge in [-0.1, -0.05) is 26.7 Å². The molecule has 0 aliphatic heterocycles. The third-order valence-electron chi connectivity index (χ3n) is 3.42. The maximum atomic E-state index is 11.6. The number of carbonyl (C=O) groups excluding carboxylic acids is 1. The number of carbonyl (C=O) groups is 1. The Morgan fingerprint density at radius 3 is 2.56 bits per heavy atom. The Morgan fingerprint density at radius 2 is 2.00 bits per heavy atom. The zero-order chi connectivity index (χ0) is 13.6. The van der Waals surface area contributed by atoms with Crippen molar-refractivity contribution in [2.24, 2.45) is 5.92 Å². The van der Waals surface area contributed by atoms with E-state index in [2.05, 4.69) is 24.5 Å². The molecule has 0 heterocycles. The molecule has 1 aliphatic rings. The summed E-state index contributed by atoms with van der Waals surface area (Å²) in [5, 5.41) is 16.1. The summed E-state index contributed by atoms with van der Waals surface area (Å²) in [5.74, 6) is 0.402. The second-order valence-corrected chi connectivity index (χ2v) is 6.23. The molecular weight excluding hydrogens is 228 g/mol. The summed E-state index contributed by atoms with van der Waals surface area (Å²) in [5.41, 5.74) is -0.808. The summed E-state index contributed by atoms with van der Waals surface area (Å²) in [6, 6.07) is 0.506. The van der Waals surface area contributed by atoms with Gasteiger partial charge in [-0.15, -0.1) is 0 Å². The normalized spacial score (nSPS) is 20.1. The van der Waals surface area contributed by atoms with Crippen molar-refractivity contribution in [1.82, 2.24) is 10.6 Å². The molecule has 18 heavy (non-hydrogen) atoms. The van der Waals surface area contributed by atoms with Gasteiger partial charge in [0.1, 0.15) is 0 Å². The van der Waals surface area contributed by atoms with Crippen LogP contribution in [-0.2, 0) is 4.79 Å². The molecule has 0 aromatic heterocycles.